The van der Waals surface area contributed by atoms with E-state index in [9.17, 15) is 24.5 Å². The number of rotatable bonds is 5. The minimum atomic E-state index is -1.69. The van der Waals surface area contributed by atoms with Crippen molar-refractivity contribution in [3.63, 3.8) is 0 Å². The molecule has 3 heterocycles. The molecule has 0 unspecified atom stereocenters. The molecule has 0 radical (unpaired) electrons. The van der Waals surface area contributed by atoms with E-state index in [1.807, 2.05) is 13.0 Å². The fraction of sp³-hybridized carbons (Fsp3) is 0.208. The van der Waals surface area contributed by atoms with Crippen LogP contribution in [0.1, 0.15) is 31.8 Å². The minimum Gasteiger partial charge on any atom is -0.334 e. The van der Waals surface area contributed by atoms with Crippen LogP contribution in [0.15, 0.2) is 67.0 Å². The highest BCUT2D eigenvalue weighted by atomic mass is 16.6. The summed E-state index contributed by atoms with van der Waals surface area (Å²) in [7, 11) is 1.59. The molecular formula is C24H20N4O5. The van der Waals surface area contributed by atoms with Crippen molar-refractivity contribution in [1.29, 1.82) is 0 Å². The summed E-state index contributed by atoms with van der Waals surface area (Å²) in [6, 6.07) is 13.7. The zero-order valence-electron chi connectivity index (χ0n) is 18.0. The first kappa shape index (κ1) is 20.6. The normalized spacial score (nSPS) is 20.2. The highest BCUT2D eigenvalue weighted by Crippen LogP contribution is 2.47. The number of amides is 3. The molecule has 3 aromatic rings. The number of imide groups is 1. The first-order chi connectivity index (χ1) is 15.8. The Morgan fingerprint density at radius 2 is 1.58 bits per heavy atom. The lowest BCUT2D eigenvalue weighted by molar-refractivity contribution is -0.487. The van der Waals surface area contributed by atoms with Gasteiger partial charge in [0, 0.05) is 35.6 Å². The number of benzene rings is 2. The van der Waals surface area contributed by atoms with Gasteiger partial charge in [-0.1, -0.05) is 29.8 Å². The number of hydrogen-bond donors (Lipinski definition) is 0. The molecule has 5 rings (SSSR count). The molecule has 0 fully saturated rings. The number of carbonyl (C=O) groups is 3. The van der Waals surface area contributed by atoms with Gasteiger partial charge in [0.05, 0.1) is 11.1 Å². The molecule has 2 aromatic carbocycles. The summed E-state index contributed by atoms with van der Waals surface area (Å²) in [6.07, 6.45) is 3.27. The third-order valence-corrected chi connectivity index (χ3v) is 6.51. The van der Waals surface area contributed by atoms with E-state index in [0.29, 0.717) is 11.3 Å². The molecule has 2 atom stereocenters. The van der Waals surface area contributed by atoms with Crippen LogP contribution in [0.3, 0.4) is 0 Å². The SMILES string of the molecule is Cc1ccc2c(c1)[C@@]([C@@H](C[N+](=O)[O-])N1C(=O)c3ccccc3C1=O)(n1cccc1)C(=O)N2C. The summed E-state index contributed by atoms with van der Waals surface area (Å²) in [5.74, 6) is -1.75. The number of likely N-dealkylation sites (N-methyl/N-ethyl adjacent to an activating group) is 1. The Morgan fingerprint density at radius 1 is 0.970 bits per heavy atom. The van der Waals surface area contributed by atoms with E-state index < -0.39 is 40.8 Å². The predicted octanol–water partition coefficient (Wildman–Crippen LogP) is 2.46. The number of nitrogens with zero attached hydrogens (tertiary/aromatic N) is 4. The molecule has 166 valence electrons. The van der Waals surface area contributed by atoms with Gasteiger partial charge in [0.25, 0.3) is 17.7 Å². The molecule has 2 aliphatic heterocycles. The maximum atomic E-state index is 14.0. The van der Waals surface area contributed by atoms with Crippen molar-refractivity contribution in [3.05, 3.63) is 99.4 Å². The van der Waals surface area contributed by atoms with Gasteiger partial charge in [-0.15, -0.1) is 0 Å². The Morgan fingerprint density at radius 3 is 2.15 bits per heavy atom. The van der Waals surface area contributed by atoms with Crippen LogP contribution < -0.4 is 4.90 Å². The summed E-state index contributed by atoms with van der Waals surface area (Å²) < 4.78 is 1.58. The summed E-state index contributed by atoms with van der Waals surface area (Å²) in [5.41, 5.74) is 0.568. The third kappa shape index (κ3) is 2.68. The smallest absolute Gasteiger partial charge is 0.262 e. The largest absolute Gasteiger partial charge is 0.334 e. The van der Waals surface area contributed by atoms with Crippen LogP contribution in [-0.4, -0.2) is 51.7 Å². The van der Waals surface area contributed by atoms with E-state index in [1.165, 1.54) is 17.0 Å². The van der Waals surface area contributed by atoms with Gasteiger partial charge in [0.15, 0.2) is 5.54 Å². The molecule has 2 aliphatic rings. The van der Waals surface area contributed by atoms with E-state index in [-0.39, 0.29) is 11.1 Å². The van der Waals surface area contributed by atoms with E-state index in [2.05, 4.69) is 0 Å². The van der Waals surface area contributed by atoms with Crippen LogP contribution >= 0.6 is 0 Å². The summed E-state index contributed by atoms with van der Waals surface area (Å²) in [5, 5.41) is 11.9. The average Bonchev–Trinajstić information content (AvgIpc) is 3.46. The fourth-order valence-electron chi connectivity index (χ4n) is 5.07. The van der Waals surface area contributed by atoms with Crippen LogP contribution in [0.25, 0.3) is 0 Å². The van der Waals surface area contributed by atoms with Crippen LogP contribution in [0.4, 0.5) is 5.69 Å². The molecule has 0 N–H and O–H groups in total. The van der Waals surface area contributed by atoms with E-state index >= 15 is 0 Å². The van der Waals surface area contributed by atoms with Crippen molar-refractivity contribution in [2.24, 2.45) is 0 Å². The lowest BCUT2D eigenvalue weighted by Gasteiger charge is -2.39. The number of anilines is 1. The molecule has 0 bridgehead atoms. The van der Waals surface area contributed by atoms with Crippen molar-refractivity contribution in [1.82, 2.24) is 9.47 Å². The zero-order valence-corrected chi connectivity index (χ0v) is 18.0. The first-order valence-corrected chi connectivity index (χ1v) is 10.4. The predicted molar refractivity (Wildman–Crippen MR) is 119 cm³/mol. The molecular weight excluding hydrogens is 424 g/mol. The van der Waals surface area contributed by atoms with Crippen molar-refractivity contribution < 1.29 is 19.3 Å². The van der Waals surface area contributed by atoms with Crippen molar-refractivity contribution in [2.45, 2.75) is 18.5 Å². The van der Waals surface area contributed by atoms with Gasteiger partial charge >= 0.3 is 0 Å². The molecule has 0 saturated heterocycles. The molecule has 0 saturated carbocycles. The molecule has 1 aromatic heterocycles. The molecule has 9 heteroatoms. The Bertz CT molecular complexity index is 1300. The molecule has 0 spiro atoms. The molecule has 3 amide bonds. The Hall–Kier alpha value is -4.27. The summed E-state index contributed by atoms with van der Waals surface area (Å²) in [6.45, 7) is 1.06. The highest BCUT2D eigenvalue weighted by Gasteiger charge is 2.62. The number of fused-ring (bicyclic) bond motifs is 2. The van der Waals surface area contributed by atoms with Gasteiger partial charge in [0.2, 0.25) is 6.54 Å². The van der Waals surface area contributed by atoms with Crippen molar-refractivity contribution in [3.8, 4) is 0 Å². The van der Waals surface area contributed by atoms with Gasteiger partial charge < -0.3 is 9.47 Å². The van der Waals surface area contributed by atoms with Gasteiger partial charge in [-0.3, -0.25) is 29.4 Å². The molecule has 33 heavy (non-hydrogen) atoms. The molecule has 0 aliphatic carbocycles. The van der Waals surface area contributed by atoms with Gasteiger partial charge in [-0.05, 0) is 37.3 Å². The van der Waals surface area contributed by atoms with Crippen molar-refractivity contribution >= 4 is 23.4 Å². The minimum absolute atomic E-state index is 0.168. The second-order valence-corrected chi connectivity index (χ2v) is 8.30. The Balaban J connectivity index is 1.82. The van der Waals surface area contributed by atoms with Gasteiger partial charge in [-0.2, -0.15) is 0 Å². The van der Waals surface area contributed by atoms with Gasteiger partial charge in [0.1, 0.15) is 6.04 Å². The Kier molecular flexibility index (Phi) is 4.45. The van der Waals surface area contributed by atoms with Gasteiger partial charge in [-0.25, -0.2) is 0 Å². The van der Waals surface area contributed by atoms with E-state index in [0.717, 1.165) is 10.5 Å². The maximum absolute atomic E-state index is 14.0. The second-order valence-electron chi connectivity index (χ2n) is 8.30. The quantitative estimate of drug-likeness (QED) is 0.341. The summed E-state index contributed by atoms with van der Waals surface area (Å²) in [4.78, 5) is 54.5. The van der Waals surface area contributed by atoms with Crippen LogP contribution in [0.2, 0.25) is 0 Å². The fourth-order valence-corrected chi connectivity index (χ4v) is 5.07. The topological polar surface area (TPSA) is 106 Å². The lowest BCUT2D eigenvalue weighted by Crippen LogP contribution is -2.62. The maximum Gasteiger partial charge on any atom is 0.262 e. The first-order valence-electron chi connectivity index (χ1n) is 10.4. The monoisotopic (exact) mass is 444 g/mol. The number of aromatic nitrogens is 1. The van der Waals surface area contributed by atoms with E-state index in [1.54, 1.807) is 60.4 Å². The van der Waals surface area contributed by atoms with Crippen LogP contribution in [0, 0.1) is 17.0 Å². The lowest BCUT2D eigenvalue weighted by atomic mass is 9.81. The number of nitro groups is 1. The summed E-state index contributed by atoms with van der Waals surface area (Å²) >= 11 is 0. The number of carbonyl (C=O) groups excluding carboxylic acids is 3. The average molecular weight is 444 g/mol. The number of aryl methyl sites for hydroxylation is 1. The van der Waals surface area contributed by atoms with Crippen LogP contribution in [0.5, 0.6) is 0 Å². The van der Waals surface area contributed by atoms with Crippen molar-refractivity contribution in [2.75, 3.05) is 18.5 Å². The Labute approximate surface area is 189 Å². The zero-order chi connectivity index (χ0) is 23.5. The van der Waals surface area contributed by atoms with E-state index in [4.69, 9.17) is 0 Å². The molecule has 9 nitrogen and oxygen atoms in total. The second kappa shape index (κ2) is 7.13. The highest BCUT2D eigenvalue weighted by molar-refractivity contribution is 6.22. The van der Waals surface area contributed by atoms with Crippen LogP contribution in [-0.2, 0) is 10.3 Å². The standard InChI is InChI=1S/C24H20N4O5/c1-15-9-10-19-18(13-15)24(23(31)25(19)2,26-11-5-6-12-26)20(14-27(32)33)28-21(29)16-7-3-4-8-17(16)22(28)30/h3-13,20H,14H2,1-2H3/t20-,24+/m1/s1. The third-order valence-electron chi connectivity index (χ3n) is 6.51. The number of hydrogen-bond acceptors (Lipinski definition) is 5.